The number of carbonyl (C=O) groups is 1. The van der Waals surface area contributed by atoms with Crippen molar-refractivity contribution in [3.05, 3.63) is 89.9 Å². The van der Waals surface area contributed by atoms with E-state index in [1.165, 1.54) is 12.4 Å². The van der Waals surface area contributed by atoms with Gasteiger partial charge in [-0.1, -0.05) is 18.2 Å². The van der Waals surface area contributed by atoms with Crippen LogP contribution in [-0.2, 0) is 13.1 Å². The minimum absolute atomic E-state index is 0.187. The molecule has 2 heterocycles. The number of anilines is 1. The highest BCUT2D eigenvalue weighted by atomic mass is 19.1. The molecular weight excluding hydrogens is 359 g/mol. The van der Waals surface area contributed by atoms with E-state index in [2.05, 4.69) is 20.6 Å². The van der Waals surface area contributed by atoms with Gasteiger partial charge in [-0.05, 0) is 42.0 Å². The van der Waals surface area contributed by atoms with Crippen molar-refractivity contribution in [1.82, 2.24) is 15.3 Å². The van der Waals surface area contributed by atoms with E-state index in [0.717, 1.165) is 5.56 Å². The Balaban J connectivity index is 1.45. The van der Waals surface area contributed by atoms with Crippen molar-refractivity contribution in [1.29, 1.82) is 0 Å². The maximum atomic E-state index is 13.9. The smallest absolute Gasteiger partial charge is 0.251 e. The van der Waals surface area contributed by atoms with Crippen molar-refractivity contribution in [3.8, 4) is 0 Å². The number of amides is 1. The molecule has 0 saturated heterocycles. The van der Waals surface area contributed by atoms with Crippen LogP contribution >= 0.6 is 0 Å². The summed E-state index contributed by atoms with van der Waals surface area (Å²) in [7, 11) is 0. The second kappa shape index (κ2) is 7.87. The van der Waals surface area contributed by atoms with Gasteiger partial charge in [-0.3, -0.25) is 4.79 Å². The number of benzene rings is 2. The van der Waals surface area contributed by atoms with Gasteiger partial charge in [0.05, 0.1) is 12.8 Å². The molecule has 140 valence electrons. The van der Waals surface area contributed by atoms with E-state index in [9.17, 15) is 9.18 Å². The van der Waals surface area contributed by atoms with Gasteiger partial charge in [0.25, 0.3) is 5.91 Å². The first-order valence-electron chi connectivity index (χ1n) is 8.73. The number of aromatic nitrogens is 2. The van der Waals surface area contributed by atoms with Crippen molar-refractivity contribution in [3.63, 3.8) is 0 Å². The molecular formula is C21H17FN4O2. The molecule has 2 N–H and O–H groups in total. The summed E-state index contributed by atoms with van der Waals surface area (Å²) >= 11 is 0. The van der Waals surface area contributed by atoms with E-state index < -0.39 is 5.82 Å². The molecule has 2 aromatic carbocycles. The SMILES string of the molecule is O=C(NCc1ccco1)c1cccc(CNc2ncnc3c(F)cccc23)c1. The number of nitrogens with one attached hydrogen (secondary N) is 2. The Kier molecular flexibility index (Phi) is 4.97. The molecule has 0 aliphatic carbocycles. The van der Waals surface area contributed by atoms with Crippen LogP contribution in [0.3, 0.4) is 0 Å². The van der Waals surface area contributed by atoms with Gasteiger partial charge < -0.3 is 15.1 Å². The van der Waals surface area contributed by atoms with Crippen LogP contribution < -0.4 is 10.6 Å². The van der Waals surface area contributed by atoms with Crippen LogP contribution in [0.25, 0.3) is 10.9 Å². The van der Waals surface area contributed by atoms with Gasteiger partial charge >= 0.3 is 0 Å². The molecule has 0 fully saturated rings. The van der Waals surface area contributed by atoms with Crippen LogP contribution in [-0.4, -0.2) is 15.9 Å². The standard InChI is InChI=1S/C21H17FN4O2/c22-18-8-2-7-17-19(18)25-13-26-20(17)23-11-14-4-1-5-15(10-14)21(27)24-12-16-6-3-9-28-16/h1-10,13H,11-12H2,(H,24,27)(H,23,25,26). The predicted octanol–water partition coefficient (Wildman–Crippen LogP) is 3.90. The van der Waals surface area contributed by atoms with Crippen LogP contribution in [0.15, 0.2) is 71.6 Å². The second-order valence-corrected chi connectivity index (χ2v) is 6.17. The summed E-state index contributed by atoms with van der Waals surface area (Å²) in [5.41, 5.74) is 1.71. The molecule has 2 aromatic heterocycles. The fourth-order valence-corrected chi connectivity index (χ4v) is 2.88. The summed E-state index contributed by atoms with van der Waals surface area (Å²) < 4.78 is 19.1. The lowest BCUT2D eigenvalue weighted by Crippen LogP contribution is -2.22. The molecule has 0 spiro atoms. The van der Waals surface area contributed by atoms with Crippen molar-refractivity contribution < 1.29 is 13.6 Å². The van der Waals surface area contributed by atoms with E-state index in [-0.39, 0.29) is 11.4 Å². The molecule has 7 heteroatoms. The maximum absolute atomic E-state index is 13.9. The predicted molar refractivity (Wildman–Crippen MR) is 103 cm³/mol. The highest BCUT2D eigenvalue weighted by Crippen LogP contribution is 2.21. The third-order valence-corrected chi connectivity index (χ3v) is 4.27. The van der Waals surface area contributed by atoms with Gasteiger partial charge in [0.2, 0.25) is 0 Å². The molecule has 0 saturated carbocycles. The third-order valence-electron chi connectivity index (χ3n) is 4.27. The van der Waals surface area contributed by atoms with Crippen LogP contribution in [0.5, 0.6) is 0 Å². The number of hydrogen-bond donors (Lipinski definition) is 2. The van der Waals surface area contributed by atoms with Crippen LogP contribution in [0.4, 0.5) is 10.2 Å². The maximum Gasteiger partial charge on any atom is 0.251 e. The quantitative estimate of drug-likeness (QED) is 0.533. The van der Waals surface area contributed by atoms with E-state index in [4.69, 9.17) is 4.42 Å². The molecule has 0 aliphatic rings. The molecule has 0 unspecified atom stereocenters. The molecule has 0 bridgehead atoms. The number of hydrogen-bond acceptors (Lipinski definition) is 5. The van der Waals surface area contributed by atoms with Crippen molar-refractivity contribution in [2.45, 2.75) is 13.1 Å². The third kappa shape index (κ3) is 3.83. The summed E-state index contributed by atoms with van der Waals surface area (Å²) in [6.45, 7) is 0.759. The lowest BCUT2D eigenvalue weighted by Gasteiger charge is -2.10. The molecule has 6 nitrogen and oxygen atoms in total. The van der Waals surface area contributed by atoms with Gasteiger partial charge in [-0.2, -0.15) is 0 Å². The van der Waals surface area contributed by atoms with E-state index >= 15 is 0 Å². The Labute approximate surface area is 160 Å². The minimum atomic E-state index is -0.391. The fraction of sp³-hybridized carbons (Fsp3) is 0.0952. The minimum Gasteiger partial charge on any atom is -0.467 e. The first-order chi connectivity index (χ1) is 13.7. The number of nitrogens with zero attached hydrogens (tertiary/aromatic N) is 2. The van der Waals surface area contributed by atoms with Gasteiger partial charge in [-0.25, -0.2) is 14.4 Å². The number of furan rings is 1. The summed E-state index contributed by atoms with van der Waals surface area (Å²) in [6.07, 6.45) is 2.89. The summed E-state index contributed by atoms with van der Waals surface area (Å²) in [5.74, 6) is 0.650. The van der Waals surface area contributed by atoms with E-state index in [1.54, 1.807) is 42.7 Å². The molecule has 0 atom stereocenters. The highest BCUT2D eigenvalue weighted by molar-refractivity contribution is 5.94. The van der Waals surface area contributed by atoms with Crippen LogP contribution in [0, 0.1) is 5.82 Å². The average Bonchev–Trinajstić information content (AvgIpc) is 3.25. The zero-order valence-corrected chi connectivity index (χ0v) is 14.9. The lowest BCUT2D eigenvalue weighted by molar-refractivity contribution is 0.0948. The Morgan fingerprint density at radius 3 is 2.79 bits per heavy atom. The average molecular weight is 376 g/mol. The van der Waals surface area contributed by atoms with Crippen molar-refractivity contribution in [2.24, 2.45) is 0 Å². The Hall–Kier alpha value is -3.74. The molecule has 0 aliphatic heterocycles. The zero-order valence-electron chi connectivity index (χ0n) is 14.9. The summed E-state index contributed by atoms with van der Waals surface area (Å²) in [4.78, 5) is 20.5. The van der Waals surface area contributed by atoms with Crippen LogP contribution in [0.2, 0.25) is 0 Å². The summed E-state index contributed by atoms with van der Waals surface area (Å²) in [6, 6.07) is 15.6. The lowest BCUT2D eigenvalue weighted by atomic mass is 10.1. The number of fused-ring (bicyclic) bond motifs is 1. The second-order valence-electron chi connectivity index (χ2n) is 6.17. The van der Waals surface area contributed by atoms with E-state index in [1.807, 2.05) is 12.1 Å². The van der Waals surface area contributed by atoms with Gasteiger partial charge in [-0.15, -0.1) is 0 Å². The Bertz CT molecular complexity index is 1110. The van der Waals surface area contributed by atoms with Gasteiger partial charge in [0.15, 0.2) is 0 Å². The van der Waals surface area contributed by atoms with Crippen LogP contribution in [0.1, 0.15) is 21.7 Å². The normalized spacial score (nSPS) is 10.8. The molecule has 28 heavy (non-hydrogen) atoms. The van der Waals surface area contributed by atoms with E-state index in [0.29, 0.717) is 35.6 Å². The number of rotatable bonds is 6. The monoisotopic (exact) mass is 376 g/mol. The number of para-hydroxylation sites is 1. The highest BCUT2D eigenvalue weighted by Gasteiger charge is 2.09. The van der Waals surface area contributed by atoms with Gasteiger partial charge in [0, 0.05) is 17.5 Å². The van der Waals surface area contributed by atoms with Gasteiger partial charge in [0.1, 0.15) is 29.2 Å². The first-order valence-corrected chi connectivity index (χ1v) is 8.73. The molecule has 0 radical (unpaired) electrons. The number of carbonyl (C=O) groups excluding carboxylic acids is 1. The largest absolute Gasteiger partial charge is 0.467 e. The van der Waals surface area contributed by atoms with Crippen molar-refractivity contribution >= 4 is 22.6 Å². The number of halogens is 1. The zero-order chi connectivity index (χ0) is 19.3. The summed E-state index contributed by atoms with van der Waals surface area (Å²) in [5, 5.41) is 6.61. The molecule has 4 aromatic rings. The topological polar surface area (TPSA) is 80.0 Å². The first kappa shape index (κ1) is 17.7. The molecule has 1 amide bonds. The Morgan fingerprint density at radius 1 is 1.04 bits per heavy atom. The van der Waals surface area contributed by atoms with Crippen molar-refractivity contribution in [2.75, 3.05) is 5.32 Å². The Morgan fingerprint density at radius 2 is 1.93 bits per heavy atom. The molecule has 4 rings (SSSR count). The fourth-order valence-electron chi connectivity index (χ4n) is 2.88.